The number of phenols is 1. The fourth-order valence-electron chi connectivity index (χ4n) is 8.64. The van der Waals surface area contributed by atoms with Crippen LogP contribution in [-0.2, 0) is 20.7 Å². The molecular formula is C38H46O9. The van der Waals surface area contributed by atoms with Crippen LogP contribution in [0.1, 0.15) is 115 Å². The van der Waals surface area contributed by atoms with E-state index in [1.54, 1.807) is 6.08 Å². The zero-order chi connectivity index (χ0) is 34.4. The number of hydrogen-bond donors (Lipinski definition) is 3. The zero-order valence-corrected chi connectivity index (χ0v) is 28.6. The SMILES string of the molecule is CC(C)=CCC[C@@]1(C)C[C@@H](O)c2c(O)c3c(c(CC=C(C)C)c2O1)O[C@@]12C(=C[C@H]4C[C@H]1C(C)(C)O[C@@]2(C/C=C(\C)C(=O)O)C4=O)C3=O. The van der Waals surface area contributed by atoms with E-state index < -0.39 is 52.1 Å². The van der Waals surface area contributed by atoms with E-state index in [-0.39, 0.29) is 64.6 Å². The number of fused-ring (bicyclic) bond motifs is 2. The first-order valence-electron chi connectivity index (χ1n) is 16.5. The van der Waals surface area contributed by atoms with Crippen LogP contribution in [0.15, 0.2) is 46.6 Å². The van der Waals surface area contributed by atoms with Gasteiger partial charge in [-0.3, -0.25) is 9.59 Å². The normalized spacial score (nSPS) is 32.7. The highest BCUT2D eigenvalue weighted by Gasteiger charge is 2.81. The van der Waals surface area contributed by atoms with Crippen LogP contribution in [0.4, 0.5) is 0 Å². The molecule has 6 aliphatic rings. The number of ether oxygens (including phenoxy) is 3. The number of benzene rings is 1. The Bertz CT molecular complexity index is 1720. The maximum Gasteiger partial charge on any atom is 0.330 e. The van der Waals surface area contributed by atoms with Crippen LogP contribution in [0.25, 0.3) is 0 Å². The second-order valence-corrected chi connectivity index (χ2v) is 15.3. The molecule has 1 aromatic carbocycles. The molecule has 47 heavy (non-hydrogen) atoms. The number of aliphatic carboxylic acids is 1. The number of carboxylic acid groups (broad SMARTS) is 1. The van der Waals surface area contributed by atoms with Crippen LogP contribution in [0.3, 0.4) is 0 Å². The molecule has 0 amide bonds. The molecule has 1 aromatic rings. The van der Waals surface area contributed by atoms with Crippen molar-refractivity contribution in [2.24, 2.45) is 11.8 Å². The molecule has 1 saturated heterocycles. The van der Waals surface area contributed by atoms with Gasteiger partial charge < -0.3 is 29.5 Å². The first-order valence-corrected chi connectivity index (χ1v) is 16.5. The van der Waals surface area contributed by atoms with E-state index in [4.69, 9.17) is 14.2 Å². The second kappa shape index (κ2) is 10.9. The van der Waals surface area contributed by atoms with Crippen LogP contribution in [0.2, 0.25) is 0 Å². The van der Waals surface area contributed by atoms with Gasteiger partial charge in [-0.1, -0.05) is 35.5 Å². The Morgan fingerprint density at radius 3 is 2.32 bits per heavy atom. The molecular weight excluding hydrogens is 600 g/mol. The molecule has 0 radical (unpaired) electrons. The van der Waals surface area contributed by atoms with Gasteiger partial charge in [0.1, 0.15) is 28.4 Å². The summed E-state index contributed by atoms with van der Waals surface area (Å²) in [4.78, 5) is 40.9. The van der Waals surface area contributed by atoms with Gasteiger partial charge in [0.05, 0.1) is 17.3 Å². The summed E-state index contributed by atoms with van der Waals surface area (Å²) < 4.78 is 20.6. The maximum atomic E-state index is 14.8. The average molecular weight is 647 g/mol. The standard InChI is InChI=1S/C38H46O9/c1-19(2)10-9-14-36(8)18-25(39)27-30(41)28-29(40)24-16-22-17-26-35(6,7)47-37(33(22)42,15-13-21(5)34(43)44)38(24,26)46-32(28)23(31(27)45-36)12-11-20(3)4/h10-11,13,16,22,25-26,39,41H,9,12,14-15,17-18H2,1-8H3,(H,43,44)/b21-13+/t22-,25+,26-,36-,37-,38-/m0/s1. The van der Waals surface area contributed by atoms with Crippen LogP contribution < -0.4 is 9.47 Å². The Kier molecular flexibility index (Phi) is 7.72. The molecule has 9 heteroatoms. The highest BCUT2D eigenvalue weighted by Crippen LogP contribution is 2.69. The molecule has 2 fully saturated rings. The summed E-state index contributed by atoms with van der Waals surface area (Å²) in [6.07, 6.45) is 8.28. The van der Waals surface area contributed by atoms with E-state index in [1.807, 2.05) is 54.5 Å². The van der Waals surface area contributed by atoms with Crippen molar-refractivity contribution in [1.82, 2.24) is 0 Å². The highest BCUT2D eigenvalue weighted by atomic mass is 16.6. The molecule has 7 rings (SSSR count). The topological polar surface area (TPSA) is 140 Å². The summed E-state index contributed by atoms with van der Waals surface area (Å²) in [7, 11) is 0. The minimum Gasteiger partial charge on any atom is -0.506 e. The monoisotopic (exact) mass is 646 g/mol. The molecule has 3 N–H and O–H groups in total. The molecule has 1 saturated carbocycles. The molecule has 0 unspecified atom stereocenters. The van der Waals surface area contributed by atoms with Gasteiger partial charge in [-0.2, -0.15) is 0 Å². The first-order chi connectivity index (χ1) is 21.9. The lowest BCUT2D eigenvalue weighted by atomic mass is 9.51. The van der Waals surface area contributed by atoms with Crippen molar-refractivity contribution in [3.05, 3.63) is 63.3 Å². The van der Waals surface area contributed by atoms with Gasteiger partial charge in [-0.25, -0.2) is 4.79 Å². The van der Waals surface area contributed by atoms with Crippen LogP contribution in [0, 0.1) is 11.8 Å². The Labute approximate surface area is 276 Å². The number of aromatic hydroxyl groups is 1. The third kappa shape index (κ3) is 4.75. The van der Waals surface area contributed by atoms with E-state index in [0.717, 1.165) is 12.0 Å². The third-order valence-corrected chi connectivity index (χ3v) is 10.9. The number of phenolic OH excluding ortho intramolecular Hbond substituents is 1. The van der Waals surface area contributed by atoms with Gasteiger partial charge in [-0.15, -0.1) is 0 Å². The summed E-state index contributed by atoms with van der Waals surface area (Å²) in [5.74, 6) is -2.90. The van der Waals surface area contributed by atoms with Crippen LogP contribution in [0.5, 0.6) is 17.2 Å². The van der Waals surface area contributed by atoms with Crippen molar-refractivity contribution in [2.45, 2.75) is 122 Å². The van der Waals surface area contributed by atoms with Crippen molar-refractivity contribution in [1.29, 1.82) is 0 Å². The highest BCUT2D eigenvalue weighted by molar-refractivity contribution is 6.18. The van der Waals surface area contributed by atoms with Gasteiger partial charge in [0, 0.05) is 41.4 Å². The number of aliphatic hydroxyl groups excluding tert-OH is 1. The van der Waals surface area contributed by atoms with Gasteiger partial charge in [-0.05, 0) is 81.1 Å². The lowest BCUT2D eigenvalue weighted by Crippen LogP contribution is -2.72. The summed E-state index contributed by atoms with van der Waals surface area (Å²) in [6, 6.07) is 0. The molecule has 3 aliphatic heterocycles. The third-order valence-electron chi connectivity index (χ3n) is 10.9. The quantitative estimate of drug-likeness (QED) is 0.209. The number of allylic oxidation sites excluding steroid dienone is 5. The molecule has 4 bridgehead atoms. The van der Waals surface area contributed by atoms with Crippen molar-refractivity contribution in [3.8, 4) is 17.2 Å². The van der Waals surface area contributed by atoms with E-state index in [9.17, 15) is 29.7 Å². The number of rotatable bonds is 8. The minimum atomic E-state index is -1.67. The van der Waals surface area contributed by atoms with E-state index in [0.29, 0.717) is 18.4 Å². The number of Topliss-reactive ketones (excluding diaryl/α,β-unsaturated/α-hetero) is 2. The second-order valence-electron chi connectivity index (χ2n) is 15.3. The molecule has 3 heterocycles. The lowest BCUT2D eigenvalue weighted by molar-refractivity contribution is -0.171. The number of ketones is 2. The summed E-state index contributed by atoms with van der Waals surface area (Å²) in [5, 5.41) is 33.0. The Balaban J connectivity index is 1.60. The average Bonchev–Trinajstić information content (AvgIpc) is 3.11. The lowest BCUT2D eigenvalue weighted by Gasteiger charge is -2.56. The smallest absolute Gasteiger partial charge is 0.330 e. The van der Waals surface area contributed by atoms with Crippen molar-refractivity contribution >= 4 is 17.5 Å². The number of aliphatic hydroxyl groups is 1. The molecule has 6 atom stereocenters. The molecule has 252 valence electrons. The van der Waals surface area contributed by atoms with Crippen molar-refractivity contribution in [2.75, 3.05) is 0 Å². The first kappa shape index (κ1) is 33.2. The zero-order valence-electron chi connectivity index (χ0n) is 28.6. The summed E-state index contributed by atoms with van der Waals surface area (Å²) in [5.41, 5.74) is -1.83. The van der Waals surface area contributed by atoms with Crippen molar-refractivity contribution in [3.63, 3.8) is 0 Å². The fraction of sp³-hybridized carbons (Fsp3) is 0.553. The minimum absolute atomic E-state index is 0.0497. The number of carbonyl (C=O) groups excluding carboxylic acids is 2. The fourth-order valence-corrected chi connectivity index (χ4v) is 8.64. The van der Waals surface area contributed by atoms with Crippen LogP contribution in [-0.4, -0.2) is 55.3 Å². The predicted octanol–water partition coefficient (Wildman–Crippen LogP) is 6.65. The largest absolute Gasteiger partial charge is 0.506 e. The Morgan fingerprint density at radius 2 is 1.68 bits per heavy atom. The molecule has 9 nitrogen and oxygen atoms in total. The van der Waals surface area contributed by atoms with E-state index in [2.05, 4.69) is 6.08 Å². The van der Waals surface area contributed by atoms with Gasteiger partial charge in [0.15, 0.2) is 22.8 Å². The Morgan fingerprint density at radius 1 is 1.00 bits per heavy atom. The van der Waals surface area contributed by atoms with E-state index >= 15 is 0 Å². The molecule has 1 spiro atoms. The van der Waals surface area contributed by atoms with Gasteiger partial charge in [0.2, 0.25) is 0 Å². The van der Waals surface area contributed by atoms with Crippen molar-refractivity contribution < 1.29 is 43.9 Å². The number of carboxylic acids is 1. The van der Waals surface area contributed by atoms with Gasteiger partial charge in [0.25, 0.3) is 0 Å². The molecule has 3 aliphatic carbocycles. The maximum absolute atomic E-state index is 14.8. The van der Waals surface area contributed by atoms with Gasteiger partial charge >= 0.3 is 5.97 Å². The molecule has 0 aromatic heterocycles. The number of hydrogen-bond acceptors (Lipinski definition) is 8. The Hall–Kier alpha value is -3.69. The van der Waals surface area contributed by atoms with Crippen LogP contribution >= 0.6 is 0 Å². The van der Waals surface area contributed by atoms with E-state index in [1.165, 1.54) is 18.6 Å². The summed E-state index contributed by atoms with van der Waals surface area (Å²) in [6.45, 7) is 15.1. The number of carbonyl (C=O) groups is 3. The predicted molar refractivity (Wildman–Crippen MR) is 175 cm³/mol. The summed E-state index contributed by atoms with van der Waals surface area (Å²) >= 11 is 0.